The van der Waals surface area contributed by atoms with Gasteiger partial charge < -0.3 is 10.5 Å². The molecule has 0 radical (unpaired) electrons. The van der Waals surface area contributed by atoms with Crippen molar-refractivity contribution < 1.29 is 9.13 Å². The molecule has 0 amide bonds. The number of hydrogen-bond acceptors (Lipinski definition) is 2. The molecular formula is C11H12FNO. The lowest BCUT2D eigenvalue weighted by Crippen LogP contribution is -2.10. The molecule has 0 aliphatic rings. The number of rotatable bonds is 1. The van der Waals surface area contributed by atoms with Crippen molar-refractivity contribution in [2.24, 2.45) is 5.73 Å². The van der Waals surface area contributed by atoms with Gasteiger partial charge in [-0.2, -0.15) is 0 Å². The zero-order valence-corrected chi connectivity index (χ0v) is 8.17. The van der Waals surface area contributed by atoms with Gasteiger partial charge in [0.25, 0.3) is 0 Å². The predicted molar refractivity (Wildman–Crippen MR) is 53.5 cm³/mol. The van der Waals surface area contributed by atoms with E-state index >= 15 is 0 Å². The topological polar surface area (TPSA) is 35.2 Å². The highest BCUT2D eigenvalue weighted by molar-refractivity contribution is 5.40. The third-order valence-electron chi connectivity index (χ3n) is 1.61. The minimum Gasteiger partial charge on any atom is -0.497 e. The molecule has 0 heterocycles. The Balaban J connectivity index is 2.96. The summed E-state index contributed by atoms with van der Waals surface area (Å²) in [5, 5.41) is 0. The summed E-state index contributed by atoms with van der Waals surface area (Å²) in [4.78, 5) is 0. The summed E-state index contributed by atoms with van der Waals surface area (Å²) in [7, 11) is 1.49. The Morgan fingerprint density at radius 1 is 1.50 bits per heavy atom. The van der Waals surface area contributed by atoms with Crippen molar-refractivity contribution in [3.05, 3.63) is 29.6 Å². The first-order chi connectivity index (χ1) is 6.63. The van der Waals surface area contributed by atoms with Gasteiger partial charge >= 0.3 is 0 Å². The van der Waals surface area contributed by atoms with Gasteiger partial charge in [-0.05, 0) is 19.1 Å². The maximum atomic E-state index is 13.3. The van der Waals surface area contributed by atoms with Gasteiger partial charge in [-0.1, -0.05) is 11.8 Å². The summed E-state index contributed by atoms with van der Waals surface area (Å²) in [6, 6.07) is 4.28. The van der Waals surface area contributed by atoms with Gasteiger partial charge in [0, 0.05) is 6.07 Å². The highest BCUT2D eigenvalue weighted by atomic mass is 19.1. The summed E-state index contributed by atoms with van der Waals surface area (Å²) < 4.78 is 18.1. The van der Waals surface area contributed by atoms with Crippen molar-refractivity contribution in [3.63, 3.8) is 0 Å². The van der Waals surface area contributed by atoms with E-state index in [-0.39, 0.29) is 6.04 Å². The zero-order valence-electron chi connectivity index (χ0n) is 8.17. The number of methoxy groups -OCH3 is 1. The van der Waals surface area contributed by atoms with E-state index in [1.54, 1.807) is 19.1 Å². The van der Waals surface area contributed by atoms with Crippen molar-refractivity contribution >= 4 is 0 Å². The average molecular weight is 193 g/mol. The van der Waals surface area contributed by atoms with Gasteiger partial charge in [0.05, 0.1) is 18.7 Å². The van der Waals surface area contributed by atoms with Crippen LogP contribution in [0.25, 0.3) is 0 Å². The Hall–Kier alpha value is -1.53. The second kappa shape index (κ2) is 4.64. The normalized spacial score (nSPS) is 11.4. The predicted octanol–water partition coefficient (Wildman–Crippen LogP) is 1.53. The van der Waals surface area contributed by atoms with Gasteiger partial charge in [-0.3, -0.25) is 0 Å². The fourth-order valence-electron chi connectivity index (χ4n) is 0.916. The van der Waals surface area contributed by atoms with Crippen LogP contribution in [-0.2, 0) is 0 Å². The molecule has 1 rings (SSSR count). The number of nitrogens with two attached hydrogens (primary N) is 1. The highest BCUT2D eigenvalue weighted by Crippen LogP contribution is 2.15. The Morgan fingerprint density at radius 2 is 2.21 bits per heavy atom. The van der Waals surface area contributed by atoms with Crippen LogP contribution in [0.4, 0.5) is 4.39 Å². The van der Waals surface area contributed by atoms with Crippen molar-refractivity contribution in [1.29, 1.82) is 0 Å². The van der Waals surface area contributed by atoms with Crippen LogP contribution in [0.3, 0.4) is 0 Å². The van der Waals surface area contributed by atoms with Crippen molar-refractivity contribution in [2.45, 2.75) is 13.0 Å². The van der Waals surface area contributed by atoms with Crippen LogP contribution in [0, 0.1) is 17.7 Å². The number of hydrogen-bond donors (Lipinski definition) is 1. The minimum absolute atomic E-state index is 0.253. The second-order valence-corrected chi connectivity index (χ2v) is 2.90. The van der Waals surface area contributed by atoms with Crippen molar-refractivity contribution in [3.8, 4) is 17.6 Å². The summed E-state index contributed by atoms with van der Waals surface area (Å²) in [6.07, 6.45) is 0. The summed E-state index contributed by atoms with van der Waals surface area (Å²) in [6.45, 7) is 1.74. The van der Waals surface area contributed by atoms with E-state index in [2.05, 4.69) is 11.8 Å². The van der Waals surface area contributed by atoms with E-state index < -0.39 is 5.82 Å². The maximum Gasteiger partial charge on any atom is 0.142 e. The first-order valence-electron chi connectivity index (χ1n) is 4.24. The van der Waals surface area contributed by atoms with Gasteiger partial charge in [-0.15, -0.1) is 0 Å². The smallest absolute Gasteiger partial charge is 0.142 e. The third-order valence-corrected chi connectivity index (χ3v) is 1.61. The molecule has 1 aromatic rings. The van der Waals surface area contributed by atoms with Crippen LogP contribution < -0.4 is 10.5 Å². The molecule has 1 aromatic carbocycles. The first kappa shape index (κ1) is 10.6. The van der Waals surface area contributed by atoms with Crippen molar-refractivity contribution in [2.75, 3.05) is 7.11 Å². The molecule has 1 unspecified atom stereocenters. The first-order valence-corrected chi connectivity index (χ1v) is 4.24. The molecule has 0 spiro atoms. The lowest BCUT2D eigenvalue weighted by Gasteiger charge is -2.00. The fourth-order valence-corrected chi connectivity index (χ4v) is 0.916. The Labute approximate surface area is 82.9 Å². The van der Waals surface area contributed by atoms with Crippen LogP contribution in [0.15, 0.2) is 18.2 Å². The Morgan fingerprint density at radius 3 is 2.71 bits per heavy atom. The largest absolute Gasteiger partial charge is 0.497 e. The Kier molecular flexibility index (Phi) is 3.49. The third kappa shape index (κ3) is 2.75. The lowest BCUT2D eigenvalue weighted by atomic mass is 10.2. The Bertz CT molecular complexity index is 377. The molecule has 0 saturated carbocycles. The van der Waals surface area contributed by atoms with E-state index in [4.69, 9.17) is 10.5 Å². The summed E-state index contributed by atoms with van der Waals surface area (Å²) in [5.74, 6) is 5.43. The molecule has 1 atom stereocenters. The molecule has 0 aliphatic carbocycles. The van der Waals surface area contributed by atoms with E-state index in [9.17, 15) is 4.39 Å². The van der Waals surface area contributed by atoms with Gasteiger partial charge in [-0.25, -0.2) is 4.39 Å². The zero-order chi connectivity index (χ0) is 10.6. The molecule has 14 heavy (non-hydrogen) atoms. The number of halogens is 1. The molecule has 0 fully saturated rings. The molecule has 0 saturated heterocycles. The second-order valence-electron chi connectivity index (χ2n) is 2.90. The maximum absolute atomic E-state index is 13.3. The quantitative estimate of drug-likeness (QED) is 0.686. The molecule has 0 bridgehead atoms. The fraction of sp³-hybridized carbons (Fsp3) is 0.273. The van der Waals surface area contributed by atoms with Crippen LogP contribution in [-0.4, -0.2) is 13.2 Å². The molecule has 3 heteroatoms. The lowest BCUT2D eigenvalue weighted by molar-refractivity contribution is 0.411. The molecule has 2 N–H and O–H groups in total. The van der Waals surface area contributed by atoms with Crippen molar-refractivity contribution in [1.82, 2.24) is 0 Å². The molecule has 74 valence electrons. The molecule has 2 nitrogen and oxygen atoms in total. The molecular weight excluding hydrogens is 181 g/mol. The van der Waals surface area contributed by atoms with E-state index in [0.29, 0.717) is 11.3 Å². The van der Waals surface area contributed by atoms with Gasteiger partial charge in [0.15, 0.2) is 0 Å². The highest BCUT2D eigenvalue weighted by Gasteiger charge is 2.00. The van der Waals surface area contributed by atoms with E-state index in [0.717, 1.165) is 0 Å². The minimum atomic E-state index is -0.391. The SMILES string of the molecule is COc1ccc(C#CC(C)N)c(F)c1. The average Bonchev–Trinajstić information content (AvgIpc) is 2.15. The molecule has 0 aliphatic heterocycles. The van der Waals surface area contributed by atoms with E-state index in [1.165, 1.54) is 13.2 Å². The van der Waals surface area contributed by atoms with Crippen LogP contribution >= 0.6 is 0 Å². The summed E-state index contributed by atoms with van der Waals surface area (Å²) in [5.41, 5.74) is 5.76. The number of benzene rings is 1. The van der Waals surface area contributed by atoms with Gasteiger partial charge in [0.2, 0.25) is 0 Å². The standard InChI is InChI=1S/C11H12FNO/c1-8(13)3-4-9-5-6-10(14-2)7-11(9)12/h5-8H,13H2,1-2H3. The van der Waals surface area contributed by atoms with Gasteiger partial charge in [0.1, 0.15) is 11.6 Å². The van der Waals surface area contributed by atoms with Crippen LogP contribution in [0.2, 0.25) is 0 Å². The monoisotopic (exact) mass is 193 g/mol. The van der Waals surface area contributed by atoms with Crippen LogP contribution in [0.1, 0.15) is 12.5 Å². The molecule has 0 aromatic heterocycles. The summed E-state index contributed by atoms with van der Waals surface area (Å²) >= 11 is 0. The van der Waals surface area contributed by atoms with E-state index in [1.807, 2.05) is 0 Å². The number of ether oxygens (including phenoxy) is 1. The van der Waals surface area contributed by atoms with Crippen LogP contribution in [0.5, 0.6) is 5.75 Å².